The SMILES string of the molecule is Cc1[nH]nc(NS(N)(=O)=O)c1C. The molecule has 0 aliphatic heterocycles. The Bertz CT molecular complexity index is 380. The van der Waals surface area contributed by atoms with Gasteiger partial charge in [-0.3, -0.25) is 9.82 Å². The molecule has 4 N–H and O–H groups in total. The highest BCUT2D eigenvalue weighted by atomic mass is 32.2. The van der Waals surface area contributed by atoms with E-state index < -0.39 is 10.2 Å². The second-order valence-corrected chi connectivity index (χ2v) is 3.76. The predicted molar refractivity (Wildman–Crippen MR) is 44.8 cm³/mol. The van der Waals surface area contributed by atoms with Crippen LogP contribution in [0.3, 0.4) is 0 Å². The largest absolute Gasteiger partial charge is 0.297 e. The van der Waals surface area contributed by atoms with Crippen molar-refractivity contribution >= 4 is 16.0 Å². The molecule has 1 aromatic heterocycles. The maximum absolute atomic E-state index is 10.6. The third-order valence-corrected chi connectivity index (χ3v) is 1.97. The average molecular weight is 190 g/mol. The molecule has 1 rings (SSSR count). The fourth-order valence-electron chi connectivity index (χ4n) is 0.719. The zero-order valence-corrected chi connectivity index (χ0v) is 7.57. The molecule has 0 bridgehead atoms. The Balaban J connectivity index is 2.99. The molecule has 1 aromatic rings. The van der Waals surface area contributed by atoms with Crippen LogP contribution in [-0.4, -0.2) is 18.6 Å². The highest BCUT2D eigenvalue weighted by molar-refractivity contribution is 7.90. The van der Waals surface area contributed by atoms with Crippen LogP contribution in [0.15, 0.2) is 0 Å². The number of aromatic nitrogens is 2. The van der Waals surface area contributed by atoms with E-state index in [2.05, 4.69) is 14.9 Å². The van der Waals surface area contributed by atoms with E-state index in [9.17, 15) is 8.42 Å². The second kappa shape index (κ2) is 2.76. The topological polar surface area (TPSA) is 101 Å². The molecule has 0 atom stereocenters. The lowest BCUT2D eigenvalue weighted by molar-refractivity contribution is 0.602. The molecule has 0 spiro atoms. The Hall–Kier alpha value is -1.08. The minimum atomic E-state index is -3.72. The molecule has 68 valence electrons. The molecule has 12 heavy (non-hydrogen) atoms. The quantitative estimate of drug-likeness (QED) is 0.593. The van der Waals surface area contributed by atoms with Crippen LogP contribution in [0.1, 0.15) is 11.3 Å². The van der Waals surface area contributed by atoms with Crippen LogP contribution >= 0.6 is 0 Å². The minimum Gasteiger partial charge on any atom is -0.280 e. The molecule has 0 saturated heterocycles. The molecule has 0 amide bonds. The second-order valence-electron chi connectivity index (χ2n) is 2.47. The molecule has 0 aliphatic carbocycles. The van der Waals surface area contributed by atoms with Gasteiger partial charge in [-0.2, -0.15) is 13.5 Å². The van der Waals surface area contributed by atoms with Gasteiger partial charge < -0.3 is 0 Å². The third kappa shape index (κ3) is 1.95. The van der Waals surface area contributed by atoms with Gasteiger partial charge in [0.2, 0.25) is 0 Å². The van der Waals surface area contributed by atoms with Gasteiger partial charge in [-0.15, -0.1) is 0 Å². The summed E-state index contributed by atoms with van der Waals surface area (Å²) in [5.74, 6) is 0.245. The molecule has 0 radical (unpaired) electrons. The maximum atomic E-state index is 10.6. The summed E-state index contributed by atoms with van der Waals surface area (Å²) in [4.78, 5) is 0. The summed E-state index contributed by atoms with van der Waals surface area (Å²) in [6.07, 6.45) is 0. The van der Waals surface area contributed by atoms with Crippen LogP contribution in [0.4, 0.5) is 5.82 Å². The lowest BCUT2D eigenvalue weighted by Crippen LogP contribution is -2.22. The standard InChI is InChI=1S/C5H10N4O2S/c1-3-4(2)7-8-5(3)9-12(6,10)11/h1-2H3,(H2,6,10,11)(H2,7,8,9). The van der Waals surface area contributed by atoms with Crippen molar-refractivity contribution in [2.75, 3.05) is 4.72 Å². The zero-order valence-electron chi connectivity index (χ0n) is 6.75. The average Bonchev–Trinajstić information content (AvgIpc) is 2.16. The van der Waals surface area contributed by atoms with E-state index in [0.29, 0.717) is 0 Å². The Morgan fingerprint density at radius 2 is 2.08 bits per heavy atom. The van der Waals surface area contributed by atoms with Gasteiger partial charge in [0.25, 0.3) is 10.2 Å². The summed E-state index contributed by atoms with van der Waals surface area (Å²) in [6, 6.07) is 0. The van der Waals surface area contributed by atoms with Crippen LogP contribution in [0.25, 0.3) is 0 Å². The fourth-order valence-corrected chi connectivity index (χ4v) is 1.19. The van der Waals surface area contributed by atoms with Gasteiger partial charge in [-0.25, -0.2) is 5.14 Å². The van der Waals surface area contributed by atoms with Gasteiger partial charge in [-0.05, 0) is 13.8 Å². The number of nitrogens with two attached hydrogens (primary N) is 1. The Kier molecular flexibility index (Phi) is 2.07. The van der Waals surface area contributed by atoms with Crippen LogP contribution in [0.2, 0.25) is 0 Å². The Morgan fingerprint density at radius 3 is 2.42 bits per heavy atom. The van der Waals surface area contributed by atoms with Gasteiger partial charge in [0.15, 0.2) is 5.82 Å². The van der Waals surface area contributed by atoms with Crippen LogP contribution in [-0.2, 0) is 10.2 Å². The number of nitrogens with zero attached hydrogens (tertiary/aromatic N) is 1. The first kappa shape index (κ1) is 9.01. The van der Waals surface area contributed by atoms with Crippen molar-refractivity contribution in [2.24, 2.45) is 5.14 Å². The van der Waals surface area contributed by atoms with Gasteiger partial charge in [0, 0.05) is 11.3 Å². The summed E-state index contributed by atoms with van der Waals surface area (Å²) < 4.78 is 23.2. The van der Waals surface area contributed by atoms with E-state index in [1.807, 2.05) is 0 Å². The summed E-state index contributed by atoms with van der Waals surface area (Å²) in [6.45, 7) is 3.53. The summed E-state index contributed by atoms with van der Waals surface area (Å²) >= 11 is 0. The Labute approximate surface area is 70.3 Å². The predicted octanol–water partition coefficient (Wildman–Crippen LogP) is -0.358. The molecule has 0 unspecified atom stereocenters. The van der Waals surface area contributed by atoms with Gasteiger partial charge in [0.1, 0.15) is 0 Å². The van der Waals surface area contributed by atoms with Crippen molar-refractivity contribution in [3.05, 3.63) is 11.3 Å². The summed E-state index contributed by atoms with van der Waals surface area (Å²) in [5, 5.41) is 11.1. The number of anilines is 1. The normalized spacial score (nSPS) is 11.6. The highest BCUT2D eigenvalue weighted by Crippen LogP contribution is 2.13. The highest BCUT2D eigenvalue weighted by Gasteiger charge is 2.09. The number of hydrogen-bond acceptors (Lipinski definition) is 3. The molecular weight excluding hydrogens is 180 g/mol. The molecule has 0 aromatic carbocycles. The van der Waals surface area contributed by atoms with E-state index >= 15 is 0 Å². The van der Waals surface area contributed by atoms with Crippen LogP contribution in [0.5, 0.6) is 0 Å². The van der Waals surface area contributed by atoms with Crippen molar-refractivity contribution in [1.82, 2.24) is 10.2 Å². The monoisotopic (exact) mass is 190 g/mol. The van der Waals surface area contributed by atoms with Crippen molar-refractivity contribution in [1.29, 1.82) is 0 Å². The van der Waals surface area contributed by atoms with Gasteiger partial charge in [-0.1, -0.05) is 0 Å². The minimum absolute atomic E-state index is 0.245. The van der Waals surface area contributed by atoms with Gasteiger partial charge in [0.05, 0.1) is 0 Å². The van der Waals surface area contributed by atoms with Gasteiger partial charge >= 0.3 is 0 Å². The number of H-pyrrole nitrogens is 1. The first-order chi connectivity index (χ1) is 5.40. The van der Waals surface area contributed by atoms with Crippen molar-refractivity contribution in [3.8, 4) is 0 Å². The third-order valence-electron chi connectivity index (χ3n) is 1.49. The van der Waals surface area contributed by atoms with E-state index in [1.165, 1.54) is 0 Å². The smallest absolute Gasteiger partial charge is 0.280 e. The summed E-state index contributed by atoms with van der Waals surface area (Å²) in [5.41, 5.74) is 1.55. The lowest BCUT2D eigenvalue weighted by Gasteiger charge is -1.98. The maximum Gasteiger partial charge on any atom is 0.297 e. The number of hydrogen-bond donors (Lipinski definition) is 3. The van der Waals surface area contributed by atoms with Crippen molar-refractivity contribution in [2.45, 2.75) is 13.8 Å². The number of aryl methyl sites for hydroxylation is 1. The molecule has 0 aliphatic rings. The first-order valence-corrected chi connectivity index (χ1v) is 4.77. The van der Waals surface area contributed by atoms with Crippen LogP contribution < -0.4 is 9.86 Å². The molecule has 0 saturated carbocycles. The summed E-state index contributed by atoms with van der Waals surface area (Å²) in [7, 11) is -3.72. The molecule has 1 heterocycles. The number of aromatic amines is 1. The lowest BCUT2D eigenvalue weighted by atomic mass is 10.3. The number of nitrogens with one attached hydrogen (secondary N) is 2. The van der Waals surface area contributed by atoms with E-state index in [1.54, 1.807) is 13.8 Å². The van der Waals surface area contributed by atoms with Crippen LogP contribution in [0, 0.1) is 13.8 Å². The molecular formula is C5H10N4O2S. The van der Waals surface area contributed by atoms with Crippen molar-refractivity contribution < 1.29 is 8.42 Å². The molecule has 0 fully saturated rings. The van der Waals surface area contributed by atoms with Crippen molar-refractivity contribution in [3.63, 3.8) is 0 Å². The Morgan fingerprint density at radius 1 is 1.50 bits per heavy atom. The zero-order chi connectivity index (χ0) is 9.35. The van der Waals surface area contributed by atoms with E-state index in [0.717, 1.165) is 11.3 Å². The van der Waals surface area contributed by atoms with E-state index in [4.69, 9.17) is 5.14 Å². The number of rotatable bonds is 2. The first-order valence-electron chi connectivity index (χ1n) is 3.22. The van der Waals surface area contributed by atoms with E-state index in [-0.39, 0.29) is 5.82 Å². The fraction of sp³-hybridized carbons (Fsp3) is 0.400. The molecule has 6 nitrogen and oxygen atoms in total. The molecule has 7 heteroatoms.